The van der Waals surface area contributed by atoms with E-state index in [9.17, 15) is 4.39 Å². The first-order valence-electron chi connectivity index (χ1n) is 6.88. The Bertz CT molecular complexity index is 537. The zero-order valence-electron chi connectivity index (χ0n) is 11.8. The minimum absolute atomic E-state index is 0.179. The molecule has 0 heterocycles. The average Bonchev–Trinajstić information content (AvgIpc) is 2.41. The van der Waals surface area contributed by atoms with E-state index < -0.39 is 0 Å². The van der Waals surface area contributed by atoms with Crippen LogP contribution in [0.5, 0.6) is 0 Å². The van der Waals surface area contributed by atoms with Gasteiger partial charge >= 0.3 is 0 Å². The molecule has 0 fully saturated rings. The van der Waals surface area contributed by atoms with E-state index >= 15 is 0 Å². The Morgan fingerprint density at radius 3 is 2.25 bits per heavy atom. The van der Waals surface area contributed by atoms with E-state index in [2.05, 4.69) is 29.2 Å². The topological polar surface area (TPSA) is 29.3 Å². The molecule has 0 aliphatic carbocycles. The number of hydrogen-bond acceptors (Lipinski definition) is 2. The van der Waals surface area contributed by atoms with Crippen LogP contribution in [0.2, 0.25) is 0 Å². The molecule has 0 unspecified atom stereocenters. The van der Waals surface area contributed by atoms with Gasteiger partial charge in [0, 0.05) is 13.1 Å². The molecule has 3 heteroatoms. The normalized spacial score (nSPS) is 11.0. The molecule has 0 saturated heterocycles. The fourth-order valence-corrected chi connectivity index (χ4v) is 2.29. The zero-order chi connectivity index (χ0) is 14.4. The summed E-state index contributed by atoms with van der Waals surface area (Å²) in [5.74, 6) is -0.179. The largest absolute Gasteiger partial charge is 0.330 e. The molecule has 2 aromatic carbocycles. The van der Waals surface area contributed by atoms with Gasteiger partial charge in [-0.25, -0.2) is 4.39 Å². The highest BCUT2D eigenvalue weighted by Crippen LogP contribution is 2.11. The summed E-state index contributed by atoms with van der Waals surface area (Å²) in [6, 6.07) is 15.3. The quantitative estimate of drug-likeness (QED) is 0.876. The van der Waals surface area contributed by atoms with Crippen LogP contribution in [0.4, 0.5) is 4.39 Å². The maximum absolute atomic E-state index is 13.1. The third-order valence-electron chi connectivity index (χ3n) is 3.25. The predicted molar refractivity (Wildman–Crippen MR) is 80.8 cm³/mol. The van der Waals surface area contributed by atoms with E-state index in [1.807, 2.05) is 13.1 Å². The summed E-state index contributed by atoms with van der Waals surface area (Å²) < 4.78 is 13.1. The van der Waals surface area contributed by atoms with E-state index in [1.165, 1.54) is 17.2 Å². The van der Waals surface area contributed by atoms with Gasteiger partial charge in [0.05, 0.1) is 0 Å². The summed E-state index contributed by atoms with van der Waals surface area (Å²) in [6.07, 6.45) is 0.916. The fraction of sp³-hybridized carbons (Fsp3) is 0.294. The maximum Gasteiger partial charge on any atom is 0.123 e. The van der Waals surface area contributed by atoms with E-state index in [0.717, 1.165) is 25.1 Å². The Morgan fingerprint density at radius 2 is 1.60 bits per heavy atom. The number of benzene rings is 2. The monoisotopic (exact) mass is 272 g/mol. The molecule has 2 aromatic rings. The van der Waals surface area contributed by atoms with Crippen LogP contribution in [0.15, 0.2) is 48.5 Å². The molecule has 106 valence electrons. The smallest absolute Gasteiger partial charge is 0.123 e. The minimum atomic E-state index is -0.179. The van der Waals surface area contributed by atoms with Crippen LogP contribution < -0.4 is 5.73 Å². The number of rotatable bonds is 6. The van der Waals surface area contributed by atoms with Crippen molar-refractivity contribution in [1.82, 2.24) is 4.90 Å². The summed E-state index contributed by atoms with van der Waals surface area (Å²) in [5, 5.41) is 0. The summed E-state index contributed by atoms with van der Waals surface area (Å²) in [6.45, 7) is 2.26. The molecule has 0 amide bonds. The van der Waals surface area contributed by atoms with Gasteiger partial charge in [0.15, 0.2) is 0 Å². The molecule has 0 aliphatic rings. The second-order valence-electron chi connectivity index (χ2n) is 5.16. The highest BCUT2D eigenvalue weighted by Gasteiger charge is 2.03. The van der Waals surface area contributed by atoms with Crippen LogP contribution in [-0.2, 0) is 19.5 Å². The van der Waals surface area contributed by atoms with Crippen molar-refractivity contribution in [2.75, 3.05) is 13.6 Å². The van der Waals surface area contributed by atoms with Crippen molar-refractivity contribution in [2.24, 2.45) is 5.73 Å². The van der Waals surface area contributed by atoms with E-state index in [4.69, 9.17) is 5.73 Å². The van der Waals surface area contributed by atoms with Gasteiger partial charge in [0.1, 0.15) is 5.82 Å². The summed E-state index contributed by atoms with van der Waals surface area (Å²) in [4.78, 5) is 2.17. The third kappa shape index (κ3) is 4.44. The molecule has 0 radical (unpaired) electrons. The van der Waals surface area contributed by atoms with Gasteiger partial charge < -0.3 is 5.73 Å². The molecule has 0 atom stereocenters. The lowest BCUT2D eigenvalue weighted by Crippen LogP contribution is -2.17. The molecule has 2 rings (SSSR count). The van der Waals surface area contributed by atoms with Gasteiger partial charge in [-0.05, 0) is 48.8 Å². The molecular formula is C17H21FN2. The van der Waals surface area contributed by atoms with E-state index in [0.29, 0.717) is 6.54 Å². The van der Waals surface area contributed by atoms with Crippen molar-refractivity contribution in [3.63, 3.8) is 0 Å². The SMILES string of the molecule is CN(Cc1ccc(CCN)cc1)Cc1cccc(F)c1. The molecule has 0 aliphatic heterocycles. The molecule has 2 nitrogen and oxygen atoms in total. The third-order valence-corrected chi connectivity index (χ3v) is 3.25. The van der Waals surface area contributed by atoms with Crippen LogP contribution in [0.1, 0.15) is 16.7 Å². The summed E-state index contributed by atoms with van der Waals surface area (Å²) in [5.41, 5.74) is 9.05. The molecule has 0 aromatic heterocycles. The van der Waals surface area contributed by atoms with E-state index in [1.54, 1.807) is 12.1 Å². The molecule has 0 spiro atoms. The molecule has 0 bridgehead atoms. The van der Waals surface area contributed by atoms with Gasteiger partial charge in [-0.2, -0.15) is 0 Å². The van der Waals surface area contributed by atoms with Crippen LogP contribution in [0.25, 0.3) is 0 Å². The predicted octanol–water partition coefficient (Wildman–Crippen LogP) is 2.96. The van der Waals surface area contributed by atoms with E-state index in [-0.39, 0.29) is 5.82 Å². The first-order valence-corrected chi connectivity index (χ1v) is 6.88. The maximum atomic E-state index is 13.1. The standard InChI is InChI=1S/C17H21FN2/c1-20(13-16-3-2-4-17(18)11-16)12-15-7-5-14(6-8-15)9-10-19/h2-8,11H,9-10,12-13,19H2,1H3. The number of nitrogens with zero attached hydrogens (tertiary/aromatic N) is 1. The first kappa shape index (κ1) is 14.7. The Morgan fingerprint density at radius 1 is 0.950 bits per heavy atom. The van der Waals surface area contributed by atoms with Gasteiger partial charge in [0.25, 0.3) is 0 Å². The molecular weight excluding hydrogens is 251 g/mol. The molecule has 20 heavy (non-hydrogen) atoms. The number of halogens is 1. The van der Waals surface area contributed by atoms with Crippen molar-refractivity contribution in [2.45, 2.75) is 19.5 Å². The molecule has 2 N–H and O–H groups in total. The Kier molecular flexibility index (Phi) is 5.27. The van der Waals surface area contributed by atoms with Crippen molar-refractivity contribution in [3.8, 4) is 0 Å². The Hall–Kier alpha value is -1.71. The van der Waals surface area contributed by atoms with Crippen molar-refractivity contribution >= 4 is 0 Å². The Balaban J connectivity index is 1.92. The zero-order valence-corrected chi connectivity index (χ0v) is 11.8. The summed E-state index contributed by atoms with van der Waals surface area (Å²) >= 11 is 0. The second kappa shape index (κ2) is 7.17. The molecule has 0 saturated carbocycles. The number of nitrogens with two attached hydrogens (primary N) is 1. The van der Waals surface area contributed by atoms with Gasteiger partial charge in [-0.1, -0.05) is 36.4 Å². The lowest BCUT2D eigenvalue weighted by molar-refractivity contribution is 0.318. The second-order valence-corrected chi connectivity index (χ2v) is 5.16. The Labute approximate surface area is 120 Å². The van der Waals surface area contributed by atoms with Gasteiger partial charge in [-0.3, -0.25) is 4.90 Å². The van der Waals surface area contributed by atoms with Crippen molar-refractivity contribution in [3.05, 3.63) is 71.0 Å². The minimum Gasteiger partial charge on any atom is -0.330 e. The van der Waals surface area contributed by atoms with Crippen molar-refractivity contribution in [1.29, 1.82) is 0 Å². The highest BCUT2D eigenvalue weighted by molar-refractivity contribution is 5.23. The average molecular weight is 272 g/mol. The first-order chi connectivity index (χ1) is 9.67. The van der Waals surface area contributed by atoms with Crippen LogP contribution in [0, 0.1) is 5.82 Å². The van der Waals surface area contributed by atoms with Gasteiger partial charge in [-0.15, -0.1) is 0 Å². The fourth-order valence-electron chi connectivity index (χ4n) is 2.29. The van der Waals surface area contributed by atoms with Crippen LogP contribution in [0.3, 0.4) is 0 Å². The van der Waals surface area contributed by atoms with Gasteiger partial charge in [0.2, 0.25) is 0 Å². The van der Waals surface area contributed by atoms with Crippen LogP contribution >= 0.6 is 0 Å². The lowest BCUT2D eigenvalue weighted by Gasteiger charge is -2.17. The number of hydrogen-bond donors (Lipinski definition) is 1. The summed E-state index contributed by atoms with van der Waals surface area (Å²) in [7, 11) is 2.04. The lowest BCUT2D eigenvalue weighted by atomic mass is 10.1. The highest BCUT2D eigenvalue weighted by atomic mass is 19.1. The van der Waals surface area contributed by atoms with Crippen molar-refractivity contribution < 1.29 is 4.39 Å². The van der Waals surface area contributed by atoms with Crippen LogP contribution in [-0.4, -0.2) is 18.5 Å².